The van der Waals surface area contributed by atoms with E-state index < -0.39 is 0 Å². The van der Waals surface area contributed by atoms with Gasteiger partial charge in [-0.2, -0.15) is 0 Å². The lowest BCUT2D eigenvalue weighted by Gasteiger charge is -2.19. The summed E-state index contributed by atoms with van der Waals surface area (Å²) in [6.45, 7) is 6.42. The molecule has 0 fully saturated rings. The second-order valence-electron chi connectivity index (χ2n) is 4.50. The minimum atomic E-state index is 0.511. The summed E-state index contributed by atoms with van der Waals surface area (Å²) in [6, 6.07) is 4.86. The first kappa shape index (κ1) is 13.7. The van der Waals surface area contributed by atoms with E-state index in [2.05, 4.69) is 36.7 Å². The molecule has 1 rings (SSSR count). The van der Waals surface area contributed by atoms with Crippen molar-refractivity contribution in [2.24, 2.45) is 5.92 Å². The summed E-state index contributed by atoms with van der Waals surface area (Å²) < 4.78 is 5.06. The van der Waals surface area contributed by atoms with E-state index in [1.54, 1.807) is 7.11 Å². The van der Waals surface area contributed by atoms with Crippen LogP contribution in [0.2, 0.25) is 0 Å². The smallest absolute Gasteiger partial charge is 0.0474 e. The molecule has 3 heteroatoms. The molecule has 1 N–H and O–H groups in total. The van der Waals surface area contributed by atoms with E-state index in [0.29, 0.717) is 6.04 Å². The zero-order chi connectivity index (χ0) is 11.8. The fourth-order valence-electron chi connectivity index (χ4n) is 1.75. The summed E-state index contributed by atoms with van der Waals surface area (Å²) in [4.78, 5) is 1.45. The Morgan fingerprint density at radius 1 is 1.44 bits per heavy atom. The number of rotatable bonds is 8. The van der Waals surface area contributed by atoms with Crippen LogP contribution >= 0.6 is 11.3 Å². The first-order valence-corrected chi connectivity index (χ1v) is 6.87. The SMILES string of the molecule is COCCCNC(CC(C)C)c1cccs1. The molecular formula is C13H23NOS. The third-order valence-corrected chi connectivity index (χ3v) is 3.50. The Labute approximate surface area is 103 Å². The Kier molecular flexibility index (Phi) is 6.69. The monoisotopic (exact) mass is 241 g/mol. The van der Waals surface area contributed by atoms with Crippen molar-refractivity contribution in [3.05, 3.63) is 22.4 Å². The van der Waals surface area contributed by atoms with Crippen LogP contribution in [0, 0.1) is 5.92 Å². The summed E-state index contributed by atoms with van der Waals surface area (Å²) in [5.74, 6) is 0.724. The molecular weight excluding hydrogens is 218 g/mol. The third-order valence-electron chi connectivity index (χ3n) is 2.51. The van der Waals surface area contributed by atoms with Crippen LogP contribution in [-0.4, -0.2) is 20.3 Å². The molecule has 0 amide bonds. The van der Waals surface area contributed by atoms with Crippen molar-refractivity contribution in [2.75, 3.05) is 20.3 Å². The molecule has 0 radical (unpaired) electrons. The van der Waals surface area contributed by atoms with Crippen LogP contribution in [0.5, 0.6) is 0 Å². The highest BCUT2D eigenvalue weighted by atomic mass is 32.1. The van der Waals surface area contributed by atoms with Gasteiger partial charge in [0.1, 0.15) is 0 Å². The Bertz CT molecular complexity index is 259. The van der Waals surface area contributed by atoms with Gasteiger partial charge in [0.25, 0.3) is 0 Å². The number of thiophene rings is 1. The zero-order valence-electron chi connectivity index (χ0n) is 10.5. The first-order valence-electron chi connectivity index (χ1n) is 5.99. The predicted molar refractivity (Wildman–Crippen MR) is 71.0 cm³/mol. The quantitative estimate of drug-likeness (QED) is 0.704. The van der Waals surface area contributed by atoms with Crippen LogP contribution in [-0.2, 0) is 4.74 Å². The van der Waals surface area contributed by atoms with E-state index in [-0.39, 0.29) is 0 Å². The number of nitrogens with one attached hydrogen (secondary N) is 1. The van der Waals surface area contributed by atoms with Gasteiger partial charge in [0.15, 0.2) is 0 Å². The molecule has 1 aromatic heterocycles. The van der Waals surface area contributed by atoms with Gasteiger partial charge in [-0.25, -0.2) is 0 Å². The topological polar surface area (TPSA) is 21.3 Å². The number of ether oxygens (including phenoxy) is 1. The lowest BCUT2D eigenvalue weighted by atomic mass is 10.0. The summed E-state index contributed by atoms with van der Waals surface area (Å²) in [7, 11) is 1.75. The van der Waals surface area contributed by atoms with Gasteiger partial charge in [-0.15, -0.1) is 11.3 Å². The van der Waals surface area contributed by atoms with Crippen molar-refractivity contribution in [1.29, 1.82) is 0 Å². The zero-order valence-corrected chi connectivity index (χ0v) is 11.3. The second kappa shape index (κ2) is 7.82. The molecule has 1 atom stereocenters. The second-order valence-corrected chi connectivity index (χ2v) is 5.48. The van der Waals surface area contributed by atoms with E-state index in [0.717, 1.165) is 25.5 Å². The molecule has 0 aliphatic heterocycles. The molecule has 16 heavy (non-hydrogen) atoms. The molecule has 0 spiro atoms. The van der Waals surface area contributed by atoms with E-state index in [1.807, 2.05) is 11.3 Å². The maximum atomic E-state index is 5.06. The van der Waals surface area contributed by atoms with Crippen molar-refractivity contribution in [2.45, 2.75) is 32.7 Å². The lowest BCUT2D eigenvalue weighted by molar-refractivity contribution is 0.192. The highest BCUT2D eigenvalue weighted by Crippen LogP contribution is 2.25. The average molecular weight is 241 g/mol. The average Bonchev–Trinajstić information content (AvgIpc) is 2.75. The van der Waals surface area contributed by atoms with Gasteiger partial charge in [0.05, 0.1) is 0 Å². The van der Waals surface area contributed by atoms with Crippen LogP contribution in [0.15, 0.2) is 17.5 Å². The van der Waals surface area contributed by atoms with Crippen molar-refractivity contribution < 1.29 is 4.74 Å². The van der Waals surface area contributed by atoms with Crippen LogP contribution < -0.4 is 5.32 Å². The largest absolute Gasteiger partial charge is 0.385 e. The van der Waals surface area contributed by atoms with E-state index >= 15 is 0 Å². The maximum absolute atomic E-state index is 5.06. The molecule has 92 valence electrons. The molecule has 1 heterocycles. The highest BCUT2D eigenvalue weighted by molar-refractivity contribution is 7.10. The molecule has 0 bridgehead atoms. The van der Waals surface area contributed by atoms with Gasteiger partial charge in [0.2, 0.25) is 0 Å². The fourth-order valence-corrected chi connectivity index (χ4v) is 2.57. The first-order chi connectivity index (χ1) is 7.74. The Morgan fingerprint density at radius 2 is 2.25 bits per heavy atom. The van der Waals surface area contributed by atoms with E-state index in [9.17, 15) is 0 Å². The standard InChI is InChI=1S/C13H23NOS/c1-11(2)10-12(13-6-4-9-16-13)14-7-5-8-15-3/h4,6,9,11-12,14H,5,7-8,10H2,1-3H3. The van der Waals surface area contributed by atoms with E-state index in [1.165, 1.54) is 11.3 Å². The Morgan fingerprint density at radius 3 is 2.81 bits per heavy atom. The summed E-state index contributed by atoms with van der Waals surface area (Å²) in [5.41, 5.74) is 0. The maximum Gasteiger partial charge on any atom is 0.0474 e. The number of hydrogen-bond donors (Lipinski definition) is 1. The fraction of sp³-hybridized carbons (Fsp3) is 0.692. The van der Waals surface area contributed by atoms with Crippen LogP contribution in [0.4, 0.5) is 0 Å². The van der Waals surface area contributed by atoms with Gasteiger partial charge in [-0.3, -0.25) is 0 Å². The van der Waals surface area contributed by atoms with Gasteiger partial charge < -0.3 is 10.1 Å². The Balaban J connectivity index is 2.39. The molecule has 0 saturated heterocycles. The van der Waals surface area contributed by atoms with Gasteiger partial charge >= 0.3 is 0 Å². The van der Waals surface area contributed by atoms with Crippen LogP contribution in [0.1, 0.15) is 37.6 Å². The highest BCUT2D eigenvalue weighted by Gasteiger charge is 2.13. The molecule has 2 nitrogen and oxygen atoms in total. The minimum Gasteiger partial charge on any atom is -0.385 e. The predicted octanol–water partition coefficient (Wildman–Crippen LogP) is 3.46. The van der Waals surface area contributed by atoms with Crippen LogP contribution in [0.3, 0.4) is 0 Å². The van der Waals surface area contributed by atoms with Crippen molar-refractivity contribution in [1.82, 2.24) is 5.32 Å². The summed E-state index contributed by atoms with van der Waals surface area (Å²) in [5, 5.41) is 5.77. The normalized spacial score (nSPS) is 13.2. The van der Waals surface area contributed by atoms with Gasteiger partial charge in [-0.05, 0) is 36.8 Å². The number of methoxy groups -OCH3 is 1. The van der Waals surface area contributed by atoms with E-state index in [4.69, 9.17) is 4.74 Å². The third kappa shape index (κ3) is 5.10. The molecule has 0 aliphatic carbocycles. The van der Waals surface area contributed by atoms with Crippen molar-refractivity contribution in [3.63, 3.8) is 0 Å². The van der Waals surface area contributed by atoms with Gasteiger partial charge in [-0.1, -0.05) is 19.9 Å². The molecule has 1 aromatic rings. The summed E-state index contributed by atoms with van der Waals surface area (Å²) in [6.07, 6.45) is 2.28. The molecule has 0 saturated carbocycles. The minimum absolute atomic E-state index is 0.511. The van der Waals surface area contributed by atoms with Crippen LogP contribution in [0.25, 0.3) is 0 Å². The molecule has 1 unspecified atom stereocenters. The van der Waals surface area contributed by atoms with Gasteiger partial charge in [0, 0.05) is 24.6 Å². The molecule has 0 aliphatic rings. The summed E-state index contributed by atoms with van der Waals surface area (Å²) >= 11 is 1.84. The van der Waals surface area contributed by atoms with Crippen molar-refractivity contribution >= 4 is 11.3 Å². The lowest BCUT2D eigenvalue weighted by Crippen LogP contribution is -2.23. The Hall–Kier alpha value is -0.380. The van der Waals surface area contributed by atoms with Crippen molar-refractivity contribution in [3.8, 4) is 0 Å². The molecule has 0 aromatic carbocycles. The number of hydrogen-bond acceptors (Lipinski definition) is 3.